The van der Waals surface area contributed by atoms with E-state index in [9.17, 15) is 9.59 Å². The zero-order valence-electron chi connectivity index (χ0n) is 17.0. The fraction of sp³-hybridized carbons (Fsp3) is 0.600. The van der Waals surface area contributed by atoms with Crippen molar-refractivity contribution < 1.29 is 14.3 Å². The van der Waals surface area contributed by atoms with Crippen LogP contribution < -0.4 is 16.4 Å². The maximum Gasteiger partial charge on any atom is 0.245 e. The molecule has 0 radical (unpaired) electrons. The van der Waals surface area contributed by atoms with Gasteiger partial charge in [0.05, 0.1) is 6.10 Å². The number of ether oxygens (including phenoxy) is 1. The maximum absolute atomic E-state index is 12.7. The van der Waals surface area contributed by atoms with Gasteiger partial charge in [0.25, 0.3) is 0 Å². The van der Waals surface area contributed by atoms with Crippen molar-refractivity contribution in [3.63, 3.8) is 0 Å². The fourth-order valence-electron chi connectivity index (χ4n) is 3.25. The molecule has 27 heavy (non-hydrogen) atoms. The minimum absolute atomic E-state index is 0.0157. The first-order chi connectivity index (χ1) is 12.6. The van der Waals surface area contributed by atoms with Crippen LogP contribution in [-0.4, -0.2) is 55.6 Å². The standard InChI is InChI=1S/C20H32N4O3/c1-6-27-16-13-20(21,19(16,2)3)18(26)23-15-9-7-14(8-10-15)22-17(25)11-12-24(4)5/h7-10,16H,6,11-13,21H2,1-5H3,(H,22,25)(H,23,26). The van der Waals surface area contributed by atoms with Crippen LogP contribution in [-0.2, 0) is 14.3 Å². The lowest BCUT2D eigenvalue weighted by molar-refractivity contribution is -0.166. The lowest BCUT2D eigenvalue weighted by Crippen LogP contribution is -2.74. The molecule has 4 N–H and O–H groups in total. The van der Waals surface area contributed by atoms with Crippen molar-refractivity contribution in [2.75, 3.05) is 37.9 Å². The summed E-state index contributed by atoms with van der Waals surface area (Å²) in [6.07, 6.45) is 0.912. The van der Waals surface area contributed by atoms with E-state index in [1.165, 1.54) is 0 Å². The van der Waals surface area contributed by atoms with Crippen molar-refractivity contribution >= 4 is 23.2 Å². The summed E-state index contributed by atoms with van der Waals surface area (Å²) in [6.45, 7) is 7.16. The van der Waals surface area contributed by atoms with Gasteiger partial charge in [-0.3, -0.25) is 9.59 Å². The Bertz CT molecular complexity index is 672. The summed E-state index contributed by atoms with van der Waals surface area (Å²) in [5.74, 6) is -0.259. The molecule has 2 unspecified atom stereocenters. The second-order valence-electron chi connectivity index (χ2n) is 7.97. The molecule has 0 bridgehead atoms. The van der Waals surface area contributed by atoms with Crippen LogP contribution in [0.3, 0.4) is 0 Å². The highest BCUT2D eigenvalue weighted by Crippen LogP contribution is 2.50. The molecule has 1 aliphatic carbocycles. The van der Waals surface area contributed by atoms with Gasteiger partial charge >= 0.3 is 0 Å². The lowest BCUT2D eigenvalue weighted by atomic mass is 9.54. The van der Waals surface area contributed by atoms with Gasteiger partial charge in [-0.15, -0.1) is 0 Å². The number of hydrogen-bond donors (Lipinski definition) is 3. The van der Waals surface area contributed by atoms with Crippen molar-refractivity contribution in [2.24, 2.45) is 11.1 Å². The van der Waals surface area contributed by atoms with E-state index in [1.54, 1.807) is 24.3 Å². The highest BCUT2D eigenvalue weighted by molar-refractivity contribution is 6.00. The van der Waals surface area contributed by atoms with E-state index in [0.717, 1.165) is 0 Å². The summed E-state index contributed by atoms with van der Waals surface area (Å²) < 4.78 is 5.67. The van der Waals surface area contributed by atoms with Crippen LogP contribution in [0.5, 0.6) is 0 Å². The predicted octanol–water partition coefficient (Wildman–Crippen LogP) is 2.05. The quantitative estimate of drug-likeness (QED) is 0.645. The summed E-state index contributed by atoms with van der Waals surface area (Å²) >= 11 is 0. The summed E-state index contributed by atoms with van der Waals surface area (Å²) in [5.41, 5.74) is 6.33. The van der Waals surface area contributed by atoms with Gasteiger partial charge in [0.2, 0.25) is 11.8 Å². The minimum Gasteiger partial charge on any atom is -0.378 e. The second-order valence-corrected chi connectivity index (χ2v) is 7.97. The molecular weight excluding hydrogens is 344 g/mol. The molecule has 2 amide bonds. The SMILES string of the molecule is CCOC1CC(N)(C(=O)Nc2ccc(NC(=O)CCN(C)C)cc2)C1(C)C. The number of anilines is 2. The molecule has 2 rings (SSSR count). The van der Waals surface area contributed by atoms with Gasteiger partial charge in [-0.25, -0.2) is 0 Å². The van der Waals surface area contributed by atoms with Gasteiger partial charge in [-0.1, -0.05) is 13.8 Å². The zero-order valence-corrected chi connectivity index (χ0v) is 17.0. The van der Waals surface area contributed by atoms with Crippen LogP contribution in [0.25, 0.3) is 0 Å². The van der Waals surface area contributed by atoms with Crippen LogP contribution in [0.1, 0.15) is 33.6 Å². The number of rotatable bonds is 8. The Labute approximate surface area is 161 Å². The number of carbonyl (C=O) groups is 2. The second kappa shape index (κ2) is 8.37. The number of benzene rings is 1. The van der Waals surface area contributed by atoms with E-state index in [0.29, 0.717) is 37.4 Å². The Morgan fingerprint density at radius 1 is 1.19 bits per heavy atom. The van der Waals surface area contributed by atoms with Crippen LogP contribution in [0.2, 0.25) is 0 Å². The van der Waals surface area contributed by atoms with Gasteiger partial charge in [0, 0.05) is 42.8 Å². The third-order valence-electron chi connectivity index (χ3n) is 5.45. The molecule has 1 aliphatic rings. The Kier molecular flexibility index (Phi) is 6.62. The Hall–Kier alpha value is -1.96. The zero-order chi connectivity index (χ0) is 20.2. The molecule has 7 nitrogen and oxygen atoms in total. The van der Waals surface area contributed by atoms with E-state index in [4.69, 9.17) is 10.5 Å². The minimum atomic E-state index is -0.966. The van der Waals surface area contributed by atoms with Crippen LogP contribution in [0.15, 0.2) is 24.3 Å². The van der Waals surface area contributed by atoms with Gasteiger partial charge < -0.3 is 26.0 Å². The Morgan fingerprint density at radius 3 is 2.22 bits per heavy atom. The molecule has 0 spiro atoms. The van der Waals surface area contributed by atoms with Crippen molar-refractivity contribution in [3.05, 3.63) is 24.3 Å². The molecule has 0 heterocycles. The largest absolute Gasteiger partial charge is 0.378 e. The van der Waals surface area contributed by atoms with E-state index in [1.807, 2.05) is 39.8 Å². The molecule has 7 heteroatoms. The van der Waals surface area contributed by atoms with E-state index < -0.39 is 11.0 Å². The Balaban J connectivity index is 1.93. The maximum atomic E-state index is 12.7. The number of amides is 2. The number of nitrogens with one attached hydrogen (secondary N) is 2. The van der Waals surface area contributed by atoms with Gasteiger partial charge in [0.1, 0.15) is 5.54 Å². The number of carbonyl (C=O) groups excluding carboxylic acids is 2. The molecule has 1 aromatic rings. The average molecular weight is 377 g/mol. The first-order valence-electron chi connectivity index (χ1n) is 9.36. The van der Waals surface area contributed by atoms with Gasteiger partial charge in [0.15, 0.2) is 0 Å². The van der Waals surface area contributed by atoms with Gasteiger partial charge in [-0.2, -0.15) is 0 Å². The van der Waals surface area contributed by atoms with Crippen molar-refractivity contribution in [2.45, 2.75) is 45.3 Å². The highest BCUT2D eigenvalue weighted by Gasteiger charge is 2.62. The van der Waals surface area contributed by atoms with Crippen molar-refractivity contribution in [1.82, 2.24) is 4.90 Å². The van der Waals surface area contributed by atoms with E-state index >= 15 is 0 Å². The monoisotopic (exact) mass is 376 g/mol. The van der Waals surface area contributed by atoms with Gasteiger partial charge in [-0.05, 0) is 45.3 Å². The molecule has 0 saturated heterocycles. The van der Waals surface area contributed by atoms with Crippen LogP contribution >= 0.6 is 0 Å². The predicted molar refractivity (Wildman–Crippen MR) is 108 cm³/mol. The third kappa shape index (κ3) is 4.66. The van der Waals surface area contributed by atoms with E-state index in [-0.39, 0.29) is 17.9 Å². The molecule has 1 aromatic carbocycles. The van der Waals surface area contributed by atoms with Crippen molar-refractivity contribution in [3.8, 4) is 0 Å². The summed E-state index contributed by atoms with van der Waals surface area (Å²) in [7, 11) is 3.85. The molecule has 0 aliphatic heterocycles. The smallest absolute Gasteiger partial charge is 0.245 e. The van der Waals surface area contributed by atoms with Crippen LogP contribution in [0.4, 0.5) is 11.4 Å². The molecule has 1 saturated carbocycles. The molecule has 0 aromatic heterocycles. The molecular formula is C20H32N4O3. The summed E-state index contributed by atoms with van der Waals surface area (Å²) in [4.78, 5) is 26.6. The topological polar surface area (TPSA) is 96.7 Å². The first-order valence-corrected chi connectivity index (χ1v) is 9.36. The molecule has 150 valence electrons. The first kappa shape index (κ1) is 21.3. The Morgan fingerprint density at radius 2 is 1.74 bits per heavy atom. The normalized spacial score (nSPS) is 23.6. The van der Waals surface area contributed by atoms with Crippen LogP contribution in [0, 0.1) is 5.41 Å². The van der Waals surface area contributed by atoms with E-state index in [2.05, 4.69) is 10.6 Å². The van der Waals surface area contributed by atoms with Crippen molar-refractivity contribution in [1.29, 1.82) is 0 Å². The average Bonchev–Trinajstić information content (AvgIpc) is 2.61. The fourth-order valence-corrected chi connectivity index (χ4v) is 3.25. The molecule has 2 atom stereocenters. The lowest BCUT2D eigenvalue weighted by Gasteiger charge is -2.57. The number of nitrogens with zero attached hydrogens (tertiary/aromatic N) is 1. The molecule has 1 fully saturated rings. The summed E-state index contributed by atoms with van der Waals surface area (Å²) in [6, 6.07) is 7.05. The third-order valence-corrected chi connectivity index (χ3v) is 5.45. The number of nitrogens with two attached hydrogens (primary N) is 1. The summed E-state index contributed by atoms with van der Waals surface area (Å²) in [5, 5.41) is 5.73. The highest BCUT2D eigenvalue weighted by atomic mass is 16.5. The number of hydrogen-bond acceptors (Lipinski definition) is 5.